The van der Waals surface area contributed by atoms with Crippen molar-refractivity contribution in [1.29, 1.82) is 0 Å². The first-order valence-corrected chi connectivity index (χ1v) is 10.6. The van der Waals surface area contributed by atoms with Crippen LogP contribution in [0, 0.1) is 6.92 Å². The molecule has 5 aromatic rings. The monoisotopic (exact) mass is 441 g/mol. The average molecular weight is 441 g/mol. The van der Waals surface area contributed by atoms with E-state index in [0.29, 0.717) is 23.5 Å². The van der Waals surface area contributed by atoms with Gasteiger partial charge in [-0.05, 0) is 54.8 Å². The SMILES string of the molecule is Cc1cc(-n2ccnc2)cc2[nH]c(-c3c(N[C@@H](CO)Cc4ccncc4)cc[nH]c3=O)nc12. The summed E-state index contributed by atoms with van der Waals surface area (Å²) in [7, 11) is 0. The number of imidazole rings is 2. The van der Waals surface area contributed by atoms with E-state index in [4.69, 9.17) is 4.98 Å². The molecular formula is C24H23N7O2. The van der Waals surface area contributed by atoms with E-state index in [9.17, 15) is 9.90 Å². The van der Waals surface area contributed by atoms with Crippen molar-refractivity contribution in [2.75, 3.05) is 11.9 Å². The highest BCUT2D eigenvalue weighted by Gasteiger charge is 2.18. The number of nitrogens with one attached hydrogen (secondary N) is 3. The van der Waals surface area contributed by atoms with Crippen molar-refractivity contribution in [3.8, 4) is 17.1 Å². The second kappa shape index (κ2) is 8.71. The van der Waals surface area contributed by atoms with Crippen LogP contribution in [0.4, 0.5) is 5.69 Å². The summed E-state index contributed by atoms with van der Waals surface area (Å²) in [6.45, 7) is 1.89. The Morgan fingerprint density at radius 1 is 1.15 bits per heavy atom. The van der Waals surface area contributed by atoms with Crippen molar-refractivity contribution in [1.82, 2.24) is 29.5 Å². The Morgan fingerprint density at radius 2 is 2.00 bits per heavy atom. The van der Waals surface area contributed by atoms with Gasteiger partial charge in [-0.1, -0.05) is 0 Å². The predicted molar refractivity (Wildman–Crippen MR) is 126 cm³/mol. The molecule has 0 aliphatic heterocycles. The molecule has 0 unspecified atom stereocenters. The van der Waals surface area contributed by atoms with E-state index in [-0.39, 0.29) is 18.2 Å². The Bertz CT molecular complexity index is 1440. The largest absolute Gasteiger partial charge is 0.394 e. The number of aromatic nitrogens is 6. The third-order valence-corrected chi connectivity index (χ3v) is 5.57. The third-order valence-electron chi connectivity index (χ3n) is 5.57. The molecule has 0 amide bonds. The number of benzene rings is 1. The number of rotatable bonds is 7. The molecule has 1 aromatic carbocycles. The molecular weight excluding hydrogens is 418 g/mol. The molecule has 0 spiro atoms. The Morgan fingerprint density at radius 3 is 2.76 bits per heavy atom. The van der Waals surface area contributed by atoms with Crippen LogP contribution in [0.25, 0.3) is 28.1 Å². The summed E-state index contributed by atoms with van der Waals surface area (Å²) >= 11 is 0. The first-order chi connectivity index (χ1) is 16.1. The van der Waals surface area contributed by atoms with Gasteiger partial charge in [0.25, 0.3) is 5.56 Å². The lowest BCUT2D eigenvalue weighted by Gasteiger charge is -2.19. The number of pyridine rings is 2. The van der Waals surface area contributed by atoms with Gasteiger partial charge in [0.05, 0.1) is 35.7 Å². The van der Waals surface area contributed by atoms with Crippen molar-refractivity contribution >= 4 is 16.7 Å². The van der Waals surface area contributed by atoms with Crippen LogP contribution >= 0.6 is 0 Å². The minimum absolute atomic E-state index is 0.0952. The molecule has 33 heavy (non-hydrogen) atoms. The molecule has 4 N–H and O–H groups in total. The maximum atomic E-state index is 12.8. The second-order valence-electron chi connectivity index (χ2n) is 7.89. The number of nitrogens with zero attached hydrogens (tertiary/aromatic N) is 4. The van der Waals surface area contributed by atoms with E-state index in [1.165, 1.54) is 0 Å². The normalized spacial score (nSPS) is 12.2. The second-order valence-corrected chi connectivity index (χ2v) is 7.89. The minimum atomic E-state index is -0.285. The summed E-state index contributed by atoms with van der Waals surface area (Å²) in [5.74, 6) is 0.459. The topological polar surface area (TPSA) is 125 Å². The number of anilines is 1. The van der Waals surface area contributed by atoms with E-state index in [0.717, 1.165) is 27.8 Å². The zero-order chi connectivity index (χ0) is 22.8. The molecule has 1 atom stereocenters. The van der Waals surface area contributed by atoms with Crippen LogP contribution in [0.3, 0.4) is 0 Å². The smallest absolute Gasteiger partial charge is 0.261 e. The van der Waals surface area contributed by atoms with Crippen molar-refractivity contribution in [2.24, 2.45) is 0 Å². The number of hydrogen-bond acceptors (Lipinski definition) is 6. The van der Waals surface area contributed by atoms with Gasteiger partial charge in [-0.25, -0.2) is 9.97 Å². The summed E-state index contributed by atoms with van der Waals surface area (Å²) in [6, 6.07) is 9.31. The molecule has 4 heterocycles. The number of aliphatic hydroxyl groups excluding tert-OH is 1. The van der Waals surface area contributed by atoms with Gasteiger partial charge < -0.3 is 25.0 Å². The van der Waals surface area contributed by atoms with Crippen LogP contribution in [-0.2, 0) is 6.42 Å². The zero-order valence-corrected chi connectivity index (χ0v) is 18.0. The summed E-state index contributed by atoms with van der Waals surface area (Å²) in [4.78, 5) is 31.8. The van der Waals surface area contributed by atoms with E-state index in [2.05, 4.69) is 25.3 Å². The van der Waals surface area contributed by atoms with Gasteiger partial charge in [0.1, 0.15) is 11.4 Å². The van der Waals surface area contributed by atoms with Gasteiger partial charge in [-0.3, -0.25) is 9.78 Å². The molecule has 9 heteroatoms. The van der Waals surface area contributed by atoms with Gasteiger partial charge >= 0.3 is 0 Å². The number of aryl methyl sites for hydroxylation is 1. The summed E-state index contributed by atoms with van der Waals surface area (Å²) in [5.41, 5.74) is 5.29. The molecule has 4 aromatic heterocycles. The van der Waals surface area contributed by atoms with E-state index in [1.54, 1.807) is 37.2 Å². The van der Waals surface area contributed by atoms with Crippen LogP contribution in [0.1, 0.15) is 11.1 Å². The van der Waals surface area contributed by atoms with Crippen molar-refractivity contribution in [3.05, 3.63) is 89.1 Å². The molecule has 0 aliphatic rings. The van der Waals surface area contributed by atoms with Gasteiger partial charge in [0.15, 0.2) is 0 Å². The molecule has 0 aliphatic carbocycles. The van der Waals surface area contributed by atoms with Crippen LogP contribution < -0.4 is 10.9 Å². The molecule has 9 nitrogen and oxygen atoms in total. The quantitative estimate of drug-likeness (QED) is 0.308. The van der Waals surface area contributed by atoms with Crippen LogP contribution in [-0.4, -0.2) is 47.2 Å². The van der Waals surface area contributed by atoms with Gasteiger partial charge in [0.2, 0.25) is 0 Å². The first-order valence-electron chi connectivity index (χ1n) is 10.6. The van der Waals surface area contributed by atoms with Crippen LogP contribution in [0.2, 0.25) is 0 Å². The van der Waals surface area contributed by atoms with Crippen molar-refractivity contribution < 1.29 is 5.11 Å². The molecule has 5 rings (SSSR count). The Hall–Kier alpha value is -4.24. The number of H-pyrrole nitrogens is 2. The van der Waals surface area contributed by atoms with Crippen LogP contribution in [0.5, 0.6) is 0 Å². The summed E-state index contributed by atoms with van der Waals surface area (Å²) < 4.78 is 1.92. The van der Waals surface area contributed by atoms with Crippen molar-refractivity contribution in [3.63, 3.8) is 0 Å². The van der Waals surface area contributed by atoms with E-state index < -0.39 is 0 Å². The van der Waals surface area contributed by atoms with Gasteiger partial charge in [-0.15, -0.1) is 0 Å². The zero-order valence-electron chi connectivity index (χ0n) is 18.0. The predicted octanol–water partition coefficient (Wildman–Crippen LogP) is 2.82. The fourth-order valence-electron chi connectivity index (χ4n) is 3.97. The van der Waals surface area contributed by atoms with E-state index in [1.807, 2.05) is 42.0 Å². The fraction of sp³-hybridized carbons (Fsp3) is 0.167. The lowest BCUT2D eigenvalue weighted by atomic mass is 10.1. The fourth-order valence-corrected chi connectivity index (χ4v) is 3.97. The van der Waals surface area contributed by atoms with E-state index >= 15 is 0 Å². The molecule has 0 radical (unpaired) electrons. The standard InChI is InChI=1S/C24H23N7O2/c1-15-10-18(31-9-8-26-14-31)12-20-22(15)30-23(29-20)21-19(4-7-27-24(21)33)28-17(13-32)11-16-2-5-25-6-3-16/h2-10,12,14,17,32H,11,13H2,1H3,(H,29,30)(H2,27,28,33)/t17-/m1/s1. The molecule has 0 bridgehead atoms. The average Bonchev–Trinajstić information content (AvgIpc) is 3.50. The lowest BCUT2D eigenvalue weighted by molar-refractivity contribution is 0.273. The Labute approximate surface area is 189 Å². The molecule has 166 valence electrons. The maximum absolute atomic E-state index is 12.8. The highest BCUT2D eigenvalue weighted by molar-refractivity contribution is 5.86. The first kappa shape index (κ1) is 20.7. The third kappa shape index (κ3) is 4.13. The van der Waals surface area contributed by atoms with Crippen LogP contribution in [0.15, 0.2) is 72.4 Å². The Balaban J connectivity index is 1.53. The Kier molecular flexibility index (Phi) is 5.45. The van der Waals surface area contributed by atoms with Crippen molar-refractivity contribution in [2.45, 2.75) is 19.4 Å². The molecule has 0 saturated heterocycles. The molecule has 0 saturated carbocycles. The number of aromatic amines is 2. The van der Waals surface area contributed by atoms with Gasteiger partial charge in [0, 0.05) is 36.7 Å². The summed E-state index contributed by atoms with van der Waals surface area (Å²) in [5, 5.41) is 13.3. The number of aliphatic hydroxyl groups is 1. The maximum Gasteiger partial charge on any atom is 0.261 e. The van der Waals surface area contributed by atoms with Gasteiger partial charge in [-0.2, -0.15) is 0 Å². The highest BCUT2D eigenvalue weighted by atomic mass is 16.3. The number of fused-ring (bicyclic) bond motifs is 1. The lowest BCUT2D eigenvalue weighted by Crippen LogP contribution is -2.28. The minimum Gasteiger partial charge on any atom is -0.394 e. The number of hydrogen-bond donors (Lipinski definition) is 4. The molecule has 0 fully saturated rings. The summed E-state index contributed by atoms with van der Waals surface area (Å²) in [6.07, 6.45) is 10.9. The highest BCUT2D eigenvalue weighted by Crippen LogP contribution is 2.28.